The average molecular weight is 462 g/mol. The van der Waals surface area contributed by atoms with E-state index < -0.39 is 17.6 Å². The molecule has 0 spiro atoms. The third-order valence-corrected chi connectivity index (χ3v) is 5.89. The molecular weight excluding hydrogens is 433 g/mol. The van der Waals surface area contributed by atoms with Crippen LogP contribution in [0, 0.1) is 11.3 Å². The van der Waals surface area contributed by atoms with Gasteiger partial charge in [-0.1, -0.05) is 0 Å². The normalized spacial score (nSPS) is 23.7. The molecule has 0 saturated carbocycles. The largest absolute Gasteiger partial charge is 0.490 e. The van der Waals surface area contributed by atoms with E-state index in [1.807, 2.05) is 11.8 Å². The number of carbonyl (C=O) groups excluding carboxylic acids is 2. The molecule has 1 aromatic rings. The van der Waals surface area contributed by atoms with Gasteiger partial charge in [-0.25, -0.2) is 4.79 Å². The second-order valence-corrected chi connectivity index (χ2v) is 8.23. The number of hydrogen-bond donors (Lipinski definition) is 1. The van der Waals surface area contributed by atoms with Crippen molar-refractivity contribution in [3.8, 4) is 0 Å². The van der Waals surface area contributed by atoms with Crippen LogP contribution < -0.4 is 0 Å². The van der Waals surface area contributed by atoms with E-state index in [1.165, 1.54) is 6.26 Å². The van der Waals surface area contributed by atoms with Crippen LogP contribution in [0.25, 0.3) is 0 Å². The zero-order chi connectivity index (χ0) is 24.1. The van der Waals surface area contributed by atoms with E-state index in [0.29, 0.717) is 31.5 Å². The van der Waals surface area contributed by atoms with E-state index in [1.54, 1.807) is 12.1 Å². The Morgan fingerprint density at radius 2 is 1.97 bits per heavy atom. The fraction of sp³-hybridized carbons (Fsp3) is 0.667. The third-order valence-electron chi connectivity index (χ3n) is 5.89. The maximum Gasteiger partial charge on any atom is 0.490 e. The molecule has 2 atom stereocenters. The molecule has 1 amide bonds. The van der Waals surface area contributed by atoms with Gasteiger partial charge in [-0.2, -0.15) is 13.2 Å². The molecule has 0 aromatic carbocycles. The van der Waals surface area contributed by atoms with Crippen LogP contribution in [0.4, 0.5) is 13.2 Å². The van der Waals surface area contributed by atoms with Crippen LogP contribution in [-0.4, -0.2) is 77.8 Å². The van der Waals surface area contributed by atoms with Gasteiger partial charge in [0.2, 0.25) is 0 Å². The minimum Gasteiger partial charge on any atom is -0.475 e. The molecule has 8 nitrogen and oxygen atoms in total. The molecule has 2 fully saturated rings. The van der Waals surface area contributed by atoms with Crippen molar-refractivity contribution in [2.24, 2.45) is 11.3 Å². The lowest BCUT2D eigenvalue weighted by Crippen LogP contribution is -2.43. The monoisotopic (exact) mass is 462 g/mol. The number of aliphatic carboxylic acids is 1. The van der Waals surface area contributed by atoms with Crippen molar-refractivity contribution < 1.29 is 41.8 Å². The first-order valence-electron chi connectivity index (χ1n) is 10.5. The lowest BCUT2D eigenvalue weighted by Gasteiger charge is -2.31. The summed E-state index contributed by atoms with van der Waals surface area (Å²) in [6.45, 7) is 9.30. The molecule has 1 aromatic heterocycles. The van der Waals surface area contributed by atoms with Gasteiger partial charge in [0, 0.05) is 38.1 Å². The lowest BCUT2D eigenvalue weighted by atomic mass is 9.75. The molecule has 2 aliphatic rings. The summed E-state index contributed by atoms with van der Waals surface area (Å²) in [5.41, 5.74) is -0.502. The second-order valence-electron chi connectivity index (χ2n) is 8.23. The number of nitrogens with zero attached hydrogens (tertiary/aromatic N) is 2. The first-order valence-corrected chi connectivity index (χ1v) is 10.5. The Balaban J connectivity index is 0.000000451. The van der Waals surface area contributed by atoms with Crippen LogP contribution in [0.3, 0.4) is 0 Å². The fourth-order valence-corrected chi connectivity index (χ4v) is 4.21. The maximum absolute atomic E-state index is 12.9. The van der Waals surface area contributed by atoms with E-state index >= 15 is 0 Å². The van der Waals surface area contributed by atoms with Gasteiger partial charge >= 0.3 is 18.1 Å². The van der Waals surface area contributed by atoms with Gasteiger partial charge in [-0.05, 0) is 45.7 Å². The number of fused-ring (bicyclic) bond motifs is 1. The van der Waals surface area contributed by atoms with Crippen molar-refractivity contribution in [1.29, 1.82) is 0 Å². The smallest absolute Gasteiger partial charge is 0.475 e. The number of carbonyl (C=O) groups is 3. The Hall–Kier alpha value is -2.56. The highest BCUT2D eigenvalue weighted by Gasteiger charge is 2.54. The molecule has 0 bridgehead atoms. The molecule has 0 radical (unpaired) electrons. The average Bonchev–Trinajstić information content (AvgIpc) is 3.33. The third kappa shape index (κ3) is 5.81. The van der Waals surface area contributed by atoms with Crippen LogP contribution >= 0.6 is 0 Å². The van der Waals surface area contributed by atoms with Gasteiger partial charge in [-0.3, -0.25) is 14.5 Å². The Kier molecular flexibility index (Phi) is 8.33. The molecule has 180 valence electrons. The predicted molar refractivity (Wildman–Crippen MR) is 107 cm³/mol. The number of carboxylic acids is 1. The summed E-state index contributed by atoms with van der Waals surface area (Å²) in [7, 11) is 0. The molecule has 1 N–H and O–H groups in total. The number of alkyl halides is 3. The van der Waals surface area contributed by atoms with Crippen LogP contribution in [0.1, 0.15) is 44.2 Å². The topological polar surface area (TPSA) is 100 Å². The first-order chi connectivity index (χ1) is 14.9. The highest BCUT2D eigenvalue weighted by Crippen LogP contribution is 2.44. The van der Waals surface area contributed by atoms with Crippen LogP contribution in [0.5, 0.6) is 0 Å². The summed E-state index contributed by atoms with van der Waals surface area (Å²) in [6, 6.07) is 3.79. The zero-order valence-corrected chi connectivity index (χ0v) is 18.4. The van der Waals surface area contributed by atoms with Gasteiger partial charge in [0.05, 0.1) is 18.3 Å². The number of amides is 1. The van der Waals surface area contributed by atoms with Crippen LogP contribution in [0.15, 0.2) is 22.8 Å². The van der Waals surface area contributed by atoms with Gasteiger partial charge in [-0.15, -0.1) is 0 Å². The van der Waals surface area contributed by atoms with Crippen LogP contribution in [-0.2, 0) is 14.3 Å². The summed E-state index contributed by atoms with van der Waals surface area (Å²) < 4.78 is 42.5. The van der Waals surface area contributed by atoms with E-state index in [-0.39, 0.29) is 17.8 Å². The summed E-state index contributed by atoms with van der Waals surface area (Å²) in [6.07, 6.45) is -2.00. The SMILES string of the molecule is CCOC(=O)[C@]12CCCN(C(=O)c3ccco3)C[C@H]1CN(C(C)C)C2.O=C(O)C(F)(F)F. The zero-order valence-electron chi connectivity index (χ0n) is 18.4. The summed E-state index contributed by atoms with van der Waals surface area (Å²) >= 11 is 0. The Morgan fingerprint density at radius 3 is 2.47 bits per heavy atom. The molecule has 2 aliphatic heterocycles. The highest BCUT2D eigenvalue weighted by atomic mass is 19.4. The number of hydrogen-bond acceptors (Lipinski definition) is 6. The van der Waals surface area contributed by atoms with Crippen molar-refractivity contribution in [1.82, 2.24) is 9.80 Å². The fourth-order valence-electron chi connectivity index (χ4n) is 4.21. The summed E-state index contributed by atoms with van der Waals surface area (Å²) in [5, 5.41) is 7.12. The maximum atomic E-state index is 12.9. The Bertz CT molecular complexity index is 796. The van der Waals surface area contributed by atoms with Crippen molar-refractivity contribution in [3.63, 3.8) is 0 Å². The van der Waals surface area contributed by atoms with Gasteiger partial charge in [0.1, 0.15) is 0 Å². The minimum atomic E-state index is -5.08. The van der Waals surface area contributed by atoms with E-state index in [2.05, 4.69) is 18.7 Å². The van der Waals surface area contributed by atoms with E-state index in [0.717, 1.165) is 25.9 Å². The van der Waals surface area contributed by atoms with Gasteiger partial charge in [0.15, 0.2) is 5.76 Å². The quantitative estimate of drug-likeness (QED) is 0.687. The van der Waals surface area contributed by atoms with Crippen molar-refractivity contribution in [2.45, 2.75) is 45.8 Å². The molecular formula is C21H29F3N2O6. The number of esters is 1. The van der Waals surface area contributed by atoms with E-state index in [9.17, 15) is 22.8 Å². The van der Waals surface area contributed by atoms with Crippen molar-refractivity contribution >= 4 is 17.8 Å². The first kappa shape index (κ1) is 25.7. The molecule has 0 unspecified atom stereocenters. The summed E-state index contributed by atoms with van der Waals surface area (Å²) in [4.78, 5) is 38.6. The molecule has 11 heteroatoms. The highest BCUT2D eigenvalue weighted by molar-refractivity contribution is 5.91. The van der Waals surface area contributed by atoms with Crippen molar-refractivity contribution in [2.75, 3.05) is 32.8 Å². The molecule has 2 saturated heterocycles. The van der Waals surface area contributed by atoms with E-state index in [4.69, 9.17) is 19.1 Å². The molecule has 32 heavy (non-hydrogen) atoms. The molecule has 3 rings (SSSR count). The minimum absolute atomic E-state index is 0.0901. The number of ether oxygens (including phenoxy) is 1. The van der Waals surface area contributed by atoms with Crippen LogP contribution in [0.2, 0.25) is 0 Å². The Labute approximate surface area is 184 Å². The standard InChI is InChI=1S/C19H28N2O4.C2HF3O2/c1-4-24-18(23)19-8-6-9-20(17(22)16-7-5-10-25-16)11-15(19)12-21(13-19)14(2)3;3-2(4,5)1(6)7/h5,7,10,14-15H,4,6,8-9,11-13H2,1-3H3;(H,6,7)/t15-,19-;/m0./s1. The number of furan rings is 1. The van der Waals surface area contributed by atoms with Gasteiger partial charge < -0.3 is 19.2 Å². The second kappa shape index (κ2) is 10.4. The number of halogens is 3. The predicted octanol–water partition coefficient (Wildman–Crippen LogP) is 3.04. The summed E-state index contributed by atoms with van der Waals surface area (Å²) in [5.74, 6) is -2.49. The Morgan fingerprint density at radius 1 is 1.31 bits per heavy atom. The lowest BCUT2D eigenvalue weighted by molar-refractivity contribution is -0.192. The molecule has 0 aliphatic carbocycles. The van der Waals surface area contributed by atoms with Gasteiger partial charge in [0.25, 0.3) is 5.91 Å². The number of rotatable bonds is 4. The molecule has 3 heterocycles. The number of carboxylic acid groups (broad SMARTS) is 1. The number of likely N-dealkylation sites (tertiary alicyclic amines) is 2. The van der Waals surface area contributed by atoms with Crippen molar-refractivity contribution in [3.05, 3.63) is 24.2 Å².